The lowest BCUT2D eigenvalue weighted by molar-refractivity contribution is -0.140. The van der Waals surface area contributed by atoms with Gasteiger partial charge in [0.2, 0.25) is 5.95 Å². The zero-order valence-corrected chi connectivity index (χ0v) is 17.4. The number of H-pyrrole nitrogens is 2. The highest BCUT2D eigenvalue weighted by Gasteiger charge is 2.23. The molecule has 1 amide bonds. The maximum absolute atomic E-state index is 14.5. The van der Waals surface area contributed by atoms with E-state index < -0.39 is 36.1 Å². The molecule has 0 saturated heterocycles. The summed E-state index contributed by atoms with van der Waals surface area (Å²) in [6, 6.07) is 4.24. The van der Waals surface area contributed by atoms with Gasteiger partial charge in [0.25, 0.3) is 11.5 Å². The Kier molecular flexibility index (Phi) is 7.06. The van der Waals surface area contributed by atoms with Crippen LogP contribution in [0.2, 0.25) is 0 Å². The molecule has 0 aliphatic heterocycles. The monoisotopic (exact) mass is 459 g/mol. The summed E-state index contributed by atoms with van der Waals surface area (Å²) in [6.07, 6.45) is 0.881. The van der Waals surface area contributed by atoms with Gasteiger partial charge in [-0.15, -0.1) is 0 Å². The summed E-state index contributed by atoms with van der Waals surface area (Å²) < 4.78 is 14.5. The van der Waals surface area contributed by atoms with E-state index in [9.17, 15) is 23.6 Å². The lowest BCUT2D eigenvalue weighted by atomic mass is 10.0. The summed E-state index contributed by atoms with van der Waals surface area (Å²) in [4.78, 5) is 55.4. The molecular weight excluding hydrogens is 437 g/mol. The SMILES string of the molecule is Nc1nc2[nH]c(CCCc3ccc(C(=O)N[C@@H](CCC(=O)O)C(=O)O)c(F)c3)cc2c(=O)[nH]1. The van der Waals surface area contributed by atoms with Crippen LogP contribution >= 0.6 is 0 Å². The fraction of sp³-hybridized carbons (Fsp3) is 0.286. The van der Waals surface area contributed by atoms with Gasteiger partial charge in [-0.05, 0) is 49.4 Å². The van der Waals surface area contributed by atoms with E-state index in [1.807, 2.05) is 0 Å². The van der Waals surface area contributed by atoms with E-state index >= 15 is 0 Å². The van der Waals surface area contributed by atoms with Crippen molar-refractivity contribution < 1.29 is 29.0 Å². The van der Waals surface area contributed by atoms with E-state index in [4.69, 9.17) is 15.9 Å². The van der Waals surface area contributed by atoms with Crippen LogP contribution in [0.4, 0.5) is 10.3 Å². The van der Waals surface area contributed by atoms with Gasteiger partial charge in [-0.3, -0.25) is 19.4 Å². The van der Waals surface area contributed by atoms with Gasteiger partial charge in [0, 0.05) is 12.1 Å². The molecule has 0 saturated carbocycles. The molecule has 2 aromatic heterocycles. The van der Waals surface area contributed by atoms with Gasteiger partial charge in [-0.25, -0.2) is 9.18 Å². The van der Waals surface area contributed by atoms with Crippen LogP contribution in [0.1, 0.15) is 40.9 Å². The highest BCUT2D eigenvalue weighted by Crippen LogP contribution is 2.16. The van der Waals surface area contributed by atoms with Crippen LogP contribution in [-0.4, -0.2) is 49.1 Å². The zero-order chi connectivity index (χ0) is 24.1. The Labute approximate surface area is 185 Å². The topological polar surface area (TPSA) is 191 Å². The van der Waals surface area contributed by atoms with Gasteiger partial charge in [0.1, 0.15) is 17.5 Å². The van der Waals surface area contributed by atoms with Crippen LogP contribution in [0.25, 0.3) is 11.0 Å². The van der Waals surface area contributed by atoms with Crippen LogP contribution in [0, 0.1) is 5.82 Å². The lowest BCUT2D eigenvalue weighted by Gasteiger charge is -2.14. The van der Waals surface area contributed by atoms with Crippen LogP contribution in [0.15, 0.2) is 29.1 Å². The Morgan fingerprint density at radius 3 is 2.58 bits per heavy atom. The number of nitrogens with zero attached hydrogens (tertiary/aromatic N) is 1. The molecule has 1 atom stereocenters. The highest BCUT2D eigenvalue weighted by atomic mass is 19.1. The van der Waals surface area contributed by atoms with E-state index in [-0.39, 0.29) is 23.5 Å². The Morgan fingerprint density at radius 2 is 1.91 bits per heavy atom. The molecule has 12 heteroatoms. The number of carbonyl (C=O) groups is 3. The van der Waals surface area contributed by atoms with Crippen molar-refractivity contribution in [1.29, 1.82) is 0 Å². The maximum Gasteiger partial charge on any atom is 0.326 e. The summed E-state index contributed by atoms with van der Waals surface area (Å²) in [7, 11) is 0. The molecule has 3 rings (SSSR count). The van der Waals surface area contributed by atoms with Crippen molar-refractivity contribution in [2.45, 2.75) is 38.1 Å². The number of benzene rings is 1. The second-order valence-corrected chi connectivity index (χ2v) is 7.47. The second-order valence-electron chi connectivity index (χ2n) is 7.47. The summed E-state index contributed by atoms with van der Waals surface area (Å²) >= 11 is 0. The molecule has 0 unspecified atom stereocenters. The number of fused-ring (bicyclic) bond motifs is 1. The molecule has 11 nitrogen and oxygen atoms in total. The van der Waals surface area contributed by atoms with Crippen LogP contribution in [0.5, 0.6) is 0 Å². The first-order valence-corrected chi connectivity index (χ1v) is 10.1. The van der Waals surface area contributed by atoms with Gasteiger partial charge in [-0.2, -0.15) is 4.98 Å². The fourth-order valence-corrected chi connectivity index (χ4v) is 3.37. The first-order valence-electron chi connectivity index (χ1n) is 10.1. The smallest absolute Gasteiger partial charge is 0.326 e. The number of aryl methyl sites for hydroxylation is 2. The van der Waals surface area contributed by atoms with Crippen molar-refractivity contribution in [3.8, 4) is 0 Å². The predicted octanol–water partition coefficient (Wildman–Crippen LogP) is 1.20. The van der Waals surface area contributed by atoms with E-state index in [1.54, 1.807) is 12.1 Å². The molecule has 1 aromatic carbocycles. The number of hydrogen-bond donors (Lipinski definition) is 6. The minimum absolute atomic E-state index is 0.0112. The van der Waals surface area contributed by atoms with Crippen molar-refractivity contribution in [1.82, 2.24) is 20.3 Å². The number of carboxylic acids is 2. The summed E-state index contributed by atoms with van der Waals surface area (Å²) in [5.41, 5.74) is 6.63. The molecule has 0 bridgehead atoms. The average Bonchev–Trinajstić information content (AvgIpc) is 3.13. The van der Waals surface area contributed by atoms with Gasteiger partial charge in [0.05, 0.1) is 10.9 Å². The van der Waals surface area contributed by atoms with Gasteiger partial charge in [-0.1, -0.05) is 6.07 Å². The molecule has 0 fully saturated rings. The van der Waals surface area contributed by atoms with Crippen LogP contribution in [0.3, 0.4) is 0 Å². The number of carboxylic acid groups (broad SMARTS) is 2. The van der Waals surface area contributed by atoms with Crippen molar-refractivity contribution in [3.63, 3.8) is 0 Å². The number of aromatic nitrogens is 3. The quantitative estimate of drug-likeness (QED) is 0.260. The molecule has 7 N–H and O–H groups in total. The summed E-state index contributed by atoms with van der Waals surface area (Å²) in [5, 5.41) is 20.3. The van der Waals surface area contributed by atoms with Crippen molar-refractivity contribution >= 4 is 34.8 Å². The normalized spacial score (nSPS) is 11.9. The molecule has 0 spiro atoms. The molecule has 3 aromatic rings. The van der Waals surface area contributed by atoms with Gasteiger partial charge in [0.15, 0.2) is 0 Å². The largest absolute Gasteiger partial charge is 0.481 e. The predicted molar refractivity (Wildman–Crippen MR) is 115 cm³/mol. The molecule has 174 valence electrons. The minimum atomic E-state index is -1.44. The second kappa shape index (κ2) is 9.94. The number of nitrogens with one attached hydrogen (secondary N) is 3. The van der Waals surface area contributed by atoms with E-state index in [0.29, 0.717) is 35.9 Å². The van der Waals surface area contributed by atoms with E-state index in [0.717, 1.165) is 5.69 Å². The number of nitrogens with two attached hydrogens (primary N) is 1. The van der Waals surface area contributed by atoms with E-state index in [2.05, 4.69) is 20.3 Å². The molecule has 0 aliphatic carbocycles. The third kappa shape index (κ3) is 5.93. The van der Waals surface area contributed by atoms with Crippen molar-refractivity contribution in [2.24, 2.45) is 0 Å². The Hall–Kier alpha value is -4.22. The number of rotatable bonds is 10. The number of carbonyl (C=O) groups excluding carboxylic acids is 1. The standard InChI is InChI=1S/C21H22FN5O6/c22-14-8-10(2-1-3-11-9-13-17(24-11)26-21(23)27-19(13)31)4-5-12(14)18(30)25-15(20(32)33)6-7-16(28)29/h4-5,8-9,15H,1-3,6-7H2,(H,25,30)(H,28,29)(H,32,33)(H4,23,24,26,27,31)/t15-/m0/s1. The van der Waals surface area contributed by atoms with Crippen LogP contribution in [-0.2, 0) is 22.4 Å². The number of aromatic amines is 2. The van der Waals surface area contributed by atoms with Gasteiger partial charge < -0.3 is 26.2 Å². The number of amides is 1. The third-order valence-corrected chi connectivity index (χ3v) is 5.01. The van der Waals surface area contributed by atoms with Crippen molar-refractivity contribution in [2.75, 3.05) is 5.73 Å². The Balaban J connectivity index is 1.60. The third-order valence-electron chi connectivity index (χ3n) is 5.01. The first-order chi connectivity index (χ1) is 15.6. The van der Waals surface area contributed by atoms with Crippen molar-refractivity contribution in [3.05, 3.63) is 57.3 Å². The zero-order valence-electron chi connectivity index (χ0n) is 17.4. The number of nitrogen functional groups attached to an aromatic ring is 1. The number of halogens is 1. The maximum atomic E-state index is 14.5. The number of hydrogen-bond acceptors (Lipinski definition) is 6. The van der Waals surface area contributed by atoms with Crippen LogP contribution < -0.4 is 16.6 Å². The molecule has 33 heavy (non-hydrogen) atoms. The minimum Gasteiger partial charge on any atom is -0.481 e. The highest BCUT2D eigenvalue weighted by molar-refractivity contribution is 5.97. The average molecular weight is 459 g/mol. The lowest BCUT2D eigenvalue weighted by Crippen LogP contribution is -2.41. The summed E-state index contributed by atoms with van der Waals surface area (Å²) in [6.45, 7) is 0. The molecule has 0 aliphatic rings. The molecular formula is C21H22FN5O6. The van der Waals surface area contributed by atoms with E-state index in [1.165, 1.54) is 12.1 Å². The Bertz CT molecular complexity index is 1270. The molecule has 0 radical (unpaired) electrons. The number of aliphatic carboxylic acids is 2. The number of anilines is 1. The first kappa shape index (κ1) is 23.4. The Morgan fingerprint density at radius 1 is 1.15 bits per heavy atom. The molecule has 2 heterocycles. The fourth-order valence-electron chi connectivity index (χ4n) is 3.37. The van der Waals surface area contributed by atoms with Gasteiger partial charge >= 0.3 is 11.9 Å². The summed E-state index contributed by atoms with van der Waals surface area (Å²) in [5.74, 6) is -4.35.